The third kappa shape index (κ3) is 2.90. The number of ether oxygens (including phenoxy) is 1. The lowest BCUT2D eigenvalue weighted by molar-refractivity contribution is -0.0628. The van der Waals surface area contributed by atoms with Gasteiger partial charge in [-0.25, -0.2) is 4.39 Å². The Kier molecular flexibility index (Phi) is 3.72. The fourth-order valence-corrected chi connectivity index (χ4v) is 4.36. The van der Waals surface area contributed by atoms with E-state index in [4.69, 9.17) is 4.74 Å². The molecule has 1 aromatic rings. The average molecular weight is 281 g/mol. The van der Waals surface area contributed by atoms with Crippen LogP contribution in [0.5, 0.6) is 0 Å². The van der Waals surface area contributed by atoms with Crippen LogP contribution < -0.4 is 5.32 Å². The fourth-order valence-electron chi connectivity index (χ4n) is 2.98. The molecule has 2 heterocycles. The molecular formula is C15H20FNOS. The first kappa shape index (κ1) is 13.3. The summed E-state index contributed by atoms with van der Waals surface area (Å²) in [6.07, 6.45) is 3.19. The van der Waals surface area contributed by atoms with Gasteiger partial charge in [-0.15, -0.1) is 0 Å². The van der Waals surface area contributed by atoms with Crippen LogP contribution in [0.3, 0.4) is 0 Å². The van der Waals surface area contributed by atoms with Gasteiger partial charge in [0, 0.05) is 24.1 Å². The molecule has 2 saturated heterocycles. The molecule has 0 saturated carbocycles. The van der Waals surface area contributed by atoms with Crippen LogP contribution in [0.1, 0.15) is 24.8 Å². The second-order valence-corrected chi connectivity index (χ2v) is 6.73. The molecule has 19 heavy (non-hydrogen) atoms. The minimum absolute atomic E-state index is 0.0712. The van der Waals surface area contributed by atoms with Crippen molar-refractivity contribution in [3.63, 3.8) is 0 Å². The van der Waals surface area contributed by atoms with E-state index in [9.17, 15) is 4.39 Å². The highest BCUT2D eigenvalue weighted by Gasteiger charge is 2.40. The summed E-state index contributed by atoms with van der Waals surface area (Å²) in [4.78, 5) is 0. The van der Waals surface area contributed by atoms with E-state index in [1.807, 2.05) is 24.8 Å². The number of thioether (sulfide) groups is 1. The molecule has 0 aromatic heterocycles. The summed E-state index contributed by atoms with van der Waals surface area (Å²) < 4.78 is 19.3. The second kappa shape index (κ2) is 5.33. The Morgan fingerprint density at radius 2 is 2.37 bits per heavy atom. The largest absolute Gasteiger partial charge is 0.382 e. The molecule has 2 atom stereocenters. The van der Waals surface area contributed by atoms with E-state index in [1.54, 1.807) is 6.07 Å². The zero-order chi connectivity index (χ0) is 13.3. The molecule has 0 aliphatic carbocycles. The summed E-state index contributed by atoms with van der Waals surface area (Å²) in [6.45, 7) is 2.83. The lowest BCUT2D eigenvalue weighted by Gasteiger charge is -2.38. The highest BCUT2D eigenvalue weighted by atomic mass is 32.2. The van der Waals surface area contributed by atoms with Crippen LogP contribution in [0, 0.1) is 12.7 Å². The lowest BCUT2D eigenvalue weighted by Crippen LogP contribution is -2.44. The number of benzene rings is 1. The maximum Gasteiger partial charge on any atom is 0.125 e. The van der Waals surface area contributed by atoms with Crippen LogP contribution in [0.2, 0.25) is 0 Å². The standard InChI is InChI=1S/C15H20FNOS/c1-11-2-3-12(16)8-14(11)17-13-4-6-18-15(9-13)5-7-19-10-15/h2-3,8,13,17H,4-7,9-10H2,1H3. The van der Waals surface area contributed by atoms with Gasteiger partial charge in [-0.3, -0.25) is 0 Å². The Morgan fingerprint density at radius 1 is 1.47 bits per heavy atom. The van der Waals surface area contributed by atoms with Gasteiger partial charge < -0.3 is 10.1 Å². The summed E-state index contributed by atoms with van der Waals surface area (Å²) in [7, 11) is 0. The smallest absolute Gasteiger partial charge is 0.125 e. The molecule has 1 spiro atoms. The van der Waals surface area contributed by atoms with Crippen molar-refractivity contribution in [1.82, 2.24) is 0 Å². The van der Waals surface area contributed by atoms with Gasteiger partial charge in [0.15, 0.2) is 0 Å². The third-order valence-corrected chi connectivity index (χ3v) is 5.34. The van der Waals surface area contributed by atoms with Crippen LogP contribution >= 0.6 is 11.8 Å². The van der Waals surface area contributed by atoms with Crippen molar-refractivity contribution in [2.45, 2.75) is 37.8 Å². The highest BCUT2D eigenvalue weighted by Crippen LogP contribution is 2.39. The maximum atomic E-state index is 13.3. The van der Waals surface area contributed by atoms with Gasteiger partial charge in [-0.2, -0.15) is 11.8 Å². The molecule has 1 N–H and O–H groups in total. The second-order valence-electron chi connectivity index (χ2n) is 5.63. The SMILES string of the molecule is Cc1ccc(F)cc1NC1CCOC2(CCSC2)C1. The van der Waals surface area contributed by atoms with Gasteiger partial charge in [0.1, 0.15) is 5.82 Å². The Labute approximate surface area is 118 Å². The topological polar surface area (TPSA) is 21.3 Å². The van der Waals surface area contributed by atoms with Gasteiger partial charge in [0.05, 0.1) is 5.60 Å². The van der Waals surface area contributed by atoms with Crippen molar-refractivity contribution in [3.05, 3.63) is 29.6 Å². The van der Waals surface area contributed by atoms with Crippen molar-refractivity contribution in [2.24, 2.45) is 0 Å². The van der Waals surface area contributed by atoms with Crippen LogP contribution in [0.15, 0.2) is 18.2 Å². The molecule has 0 amide bonds. The number of hydrogen-bond acceptors (Lipinski definition) is 3. The number of nitrogens with one attached hydrogen (secondary N) is 1. The Hall–Kier alpha value is -0.740. The lowest BCUT2D eigenvalue weighted by atomic mass is 9.89. The highest BCUT2D eigenvalue weighted by molar-refractivity contribution is 7.99. The summed E-state index contributed by atoms with van der Waals surface area (Å²) in [5, 5.41) is 3.51. The van der Waals surface area contributed by atoms with E-state index < -0.39 is 0 Å². The maximum absolute atomic E-state index is 13.3. The van der Waals surface area contributed by atoms with Crippen molar-refractivity contribution < 1.29 is 9.13 Å². The first-order valence-corrected chi connectivity index (χ1v) is 8.07. The minimum Gasteiger partial charge on any atom is -0.382 e. The zero-order valence-corrected chi connectivity index (χ0v) is 12.1. The Bertz CT molecular complexity index is 459. The molecule has 2 aliphatic heterocycles. The first-order chi connectivity index (χ1) is 9.17. The molecule has 0 radical (unpaired) electrons. The number of anilines is 1. The molecule has 0 bridgehead atoms. The van der Waals surface area contributed by atoms with E-state index in [-0.39, 0.29) is 11.4 Å². The zero-order valence-electron chi connectivity index (χ0n) is 11.2. The predicted octanol–water partition coefficient (Wildman–Crippen LogP) is 3.60. The minimum atomic E-state index is -0.175. The normalized spacial score (nSPS) is 30.7. The number of hydrogen-bond donors (Lipinski definition) is 1. The van der Waals surface area contributed by atoms with E-state index in [0.717, 1.165) is 42.9 Å². The van der Waals surface area contributed by atoms with E-state index >= 15 is 0 Å². The summed E-state index contributed by atoms with van der Waals surface area (Å²) >= 11 is 1.98. The van der Waals surface area contributed by atoms with E-state index in [0.29, 0.717) is 6.04 Å². The van der Waals surface area contributed by atoms with Crippen LogP contribution in [-0.2, 0) is 4.74 Å². The molecule has 104 valence electrons. The van der Waals surface area contributed by atoms with Crippen LogP contribution in [-0.4, -0.2) is 29.8 Å². The monoisotopic (exact) mass is 281 g/mol. The summed E-state index contributed by atoms with van der Waals surface area (Å²) in [5.41, 5.74) is 2.09. The predicted molar refractivity (Wildman–Crippen MR) is 78.4 cm³/mol. The average Bonchev–Trinajstić information content (AvgIpc) is 2.82. The van der Waals surface area contributed by atoms with Gasteiger partial charge >= 0.3 is 0 Å². The third-order valence-electron chi connectivity index (χ3n) is 4.12. The number of halogens is 1. The molecule has 2 aliphatic rings. The van der Waals surface area contributed by atoms with E-state index in [2.05, 4.69) is 5.32 Å². The van der Waals surface area contributed by atoms with Crippen molar-refractivity contribution in [2.75, 3.05) is 23.4 Å². The van der Waals surface area contributed by atoms with Gasteiger partial charge in [-0.1, -0.05) is 6.07 Å². The first-order valence-electron chi connectivity index (χ1n) is 6.91. The van der Waals surface area contributed by atoms with Crippen molar-refractivity contribution >= 4 is 17.4 Å². The van der Waals surface area contributed by atoms with Gasteiger partial charge in [-0.05, 0) is 49.6 Å². The quantitative estimate of drug-likeness (QED) is 0.895. The molecule has 2 unspecified atom stereocenters. The molecule has 2 nitrogen and oxygen atoms in total. The summed E-state index contributed by atoms with van der Waals surface area (Å²) in [6, 6.07) is 5.34. The van der Waals surface area contributed by atoms with E-state index in [1.165, 1.54) is 11.8 Å². The Morgan fingerprint density at radius 3 is 3.16 bits per heavy atom. The van der Waals surface area contributed by atoms with Gasteiger partial charge in [0.25, 0.3) is 0 Å². The Balaban J connectivity index is 1.70. The fraction of sp³-hybridized carbons (Fsp3) is 0.600. The van der Waals surface area contributed by atoms with Crippen LogP contribution in [0.4, 0.5) is 10.1 Å². The van der Waals surface area contributed by atoms with Crippen molar-refractivity contribution in [1.29, 1.82) is 0 Å². The molecular weight excluding hydrogens is 261 g/mol. The molecule has 4 heteroatoms. The molecule has 1 aromatic carbocycles. The summed E-state index contributed by atoms with van der Waals surface area (Å²) in [5.74, 6) is 2.13. The van der Waals surface area contributed by atoms with Gasteiger partial charge in [0.2, 0.25) is 0 Å². The molecule has 2 fully saturated rings. The number of aryl methyl sites for hydroxylation is 1. The van der Waals surface area contributed by atoms with Crippen LogP contribution in [0.25, 0.3) is 0 Å². The molecule has 3 rings (SSSR count). The number of rotatable bonds is 2. The van der Waals surface area contributed by atoms with Crippen molar-refractivity contribution in [3.8, 4) is 0 Å².